The Morgan fingerprint density at radius 1 is 1.16 bits per heavy atom. The van der Waals surface area contributed by atoms with Gasteiger partial charge in [0.15, 0.2) is 0 Å². The molecule has 0 radical (unpaired) electrons. The number of hydrogen-bond donors (Lipinski definition) is 2. The number of rotatable bonds is 10. The predicted octanol–water partition coefficient (Wildman–Crippen LogP) is 4.45. The summed E-state index contributed by atoms with van der Waals surface area (Å²) in [7, 11) is 1.61. The summed E-state index contributed by atoms with van der Waals surface area (Å²) in [6.07, 6.45) is 1.35. The van der Waals surface area contributed by atoms with Crippen LogP contribution in [0.25, 0.3) is 0 Å². The molecule has 2 aromatic carbocycles. The Bertz CT molecular complexity index is 668. The number of carbonyl (C=O) groups excluding carboxylic acids is 1. The van der Waals surface area contributed by atoms with Gasteiger partial charge in [-0.05, 0) is 42.5 Å². The quantitative estimate of drug-likeness (QED) is 0.473. The molecule has 2 N–H and O–H groups in total. The maximum Gasteiger partial charge on any atom is 0.221 e. The van der Waals surface area contributed by atoms with Gasteiger partial charge in [0, 0.05) is 29.4 Å². The molecule has 0 saturated heterocycles. The Morgan fingerprint density at radius 3 is 2.72 bits per heavy atom. The molecular formula is C19H23ClN2O2S. The second-order valence-electron chi connectivity index (χ2n) is 5.39. The molecule has 1 amide bonds. The second-order valence-corrected chi connectivity index (χ2v) is 6.99. The van der Waals surface area contributed by atoms with Crippen molar-refractivity contribution in [3.05, 3.63) is 53.6 Å². The fourth-order valence-electron chi connectivity index (χ4n) is 2.22. The van der Waals surface area contributed by atoms with Crippen molar-refractivity contribution < 1.29 is 9.53 Å². The molecule has 6 heteroatoms. The summed E-state index contributed by atoms with van der Waals surface area (Å²) in [5.41, 5.74) is 0.794. The van der Waals surface area contributed by atoms with E-state index in [1.165, 1.54) is 4.90 Å². The monoisotopic (exact) mass is 378 g/mol. The van der Waals surface area contributed by atoms with Gasteiger partial charge in [0.2, 0.25) is 5.91 Å². The highest BCUT2D eigenvalue weighted by Crippen LogP contribution is 2.27. The van der Waals surface area contributed by atoms with Gasteiger partial charge in [0.1, 0.15) is 5.75 Å². The van der Waals surface area contributed by atoms with Gasteiger partial charge in [-0.1, -0.05) is 29.8 Å². The molecule has 25 heavy (non-hydrogen) atoms. The molecule has 0 aliphatic rings. The van der Waals surface area contributed by atoms with Crippen molar-refractivity contribution >= 4 is 35.0 Å². The fraction of sp³-hybridized carbons (Fsp3) is 0.316. The van der Waals surface area contributed by atoms with E-state index in [-0.39, 0.29) is 5.91 Å². The molecule has 0 unspecified atom stereocenters. The highest BCUT2D eigenvalue weighted by molar-refractivity contribution is 7.99. The summed E-state index contributed by atoms with van der Waals surface area (Å²) in [6, 6.07) is 15.6. The van der Waals surface area contributed by atoms with Crippen molar-refractivity contribution in [1.82, 2.24) is 5.32 Å². The van der Waals surface area contributed by atoms with Crippen LogP contribution < -0.4 is 15.4 Å². The predicted molar refractivity (Wildman–Crippen MR) is 106 cm³/mol. The van der Waals surface area contributed by atoms with Crippen LogP contribution >= 0.6 is 23.4 Å². The Morgan fingerprint density at radius 2 is 1.96 bits per heavy atom. The molecule has 0 aliphatic carbocycles. The maximum atomic E-state index is 11.9. The molecule has 2 rings (SSSR count). The molecule has 0 aliphatic heterocycles. The number of hydrogen-bond acceptors (Lipinski definition) is 4. The van der Waals surface area contributed by atoms with Crippen LogP contribution in [0.15, 0.2) is 53.4 Å². The van der Waals surface area contributed by atoms with Crippen molar-refractivity contribution in [3.8, 4) is 5.75 Å². The number of halogens is 1. The van der Waals surface area contributed by atoms with Gasteiger partial charge < -0.3 is 15.4 Å². The molecule has 134 valence electrons. The molecule has 0 fully saturated rings. The zero-order valence-electron chi connectivity index (χ0n) is 14.3. The molecular weight excluding hydrogens is 356 g/mol. The van der Waals surface area contributed by atoms with E-state index in [1.807, 2.05) is 18.2 Å². The Kier molecular flexibility index (Phi) is 8.49. The third-order valence-corrected chi connectivity index (χ3v) is 4.82. The zero-order chi connectivity index (χ0) is 17.9. The molecule has 0 saturated carbocycles. The molecule has 0 spiro atoms. The number of ether oxygens (including phenoxy) is 1. The minimum absolute atomic E-state index is 0.0400. The number of carbonyl (C=O) groups is 1. The van der Waals surface area contributed by atoms with Crippen molar-refractivity contribution in [3.63, 3.8) is 0 Å². The van der Waals surface area contributed by atoms with Gasteiger partial charge >= 0.3 is 0 Å². The third-order valence-electron chi connectivity index (χ3n) is 3.48. The third kappa shape index (κ3) is 7.28. The van der Waals surface area contributed by atoms with Crippen molar-refractivity contribution in [2.24, 2.45) is 0 Å². The van der Waals surface area contributed by atoms with Crippen LogP contribution in [0.2, 0.25) is 5.02 Å². The lowest BCUT2D eigenvalue weighted by molar-refractivity contribution is -0.120. The van der Waals surface area contributed by atoms with E-state index in [0.717, 1.165) is 17.9 Å². The lowest BCUT2D eigenvalue weighted by atomic mass is 10.2. The van der Waals surface area contributed by atoms with E-state index >= 15 is 0 Å². The normalized spacial score (nSPS) is 10.3. The van der Waals surface area contributed by atoms with Gasteiger partial charge in [-0.3, -0.25) is 4.79 Å². The zero-order valence-corrected chi connectivity index (χ0v) is 15.8. The lowest BCUT2D eigenvalue weighted by Crippen LogP contribution is -2.26. The van der Waals surface area contributed by atoms with E-state index in [4.69, 9.17) is 16.3 Å². The van der Waals surface area contributed by atoms with E-state index in [9.17, 15) is 4.79 Å². The minimum Gasteiger partial charge on any atom is -0.495 e. The standard InChI is InChI=1S/C19H23ClN2O2S/c1-24-18-9-8-15(20)14-17(18)21-12-10-19(23)22-11-5-13-25-16-6-3-2-4-7-16/h2-4,6-9,14,21H,5,10-13H2,1H3,(H,22,23). The number of thioether (sulfide) groups is 1. The SMILES string of the molecule is COc1ccc(Cl)cc1NCCC(=O)NCCCSc1ccccc1. The van der Waals surface area contributed by atoms with Crippen LogP contribution in [0.3, 0.4) is 0 Å². The van der Waals surface area contributed by atoms with E-state index in [1.54, 1.807) is 37.1 Å². The number of nitrogens with one attached hydrogen (secondary N) is 2. The summed E-state index contributed by atoms with van der Waals surface area (Å²) in [6.45, 7) is 1.22. The van der Waals surface area contributed by atoms with Crippen LogP contribution in [0.5, 0.6) is 5.75 Å². The first kappa shape index (κ1) is 19.5. The van der Waals surface area contributed by atoms with Crippen LogP contribution in [0, 0.1) is 0 Å². The fourth-order valence-corrected chi connectivity index (χ4v) is 3.27. The van der Waals surface area contributed by atoms with Crippen LogP contribution in [-0.2, 0) is 4.79 Å². The molecule has 0 atom stereocenters. The van der Waals surface area contributed by atoms with Crippen LogP contribution in [0.1, 0.15) is 12.8 Å². The number of anilines is 1. The van der Waals surface area contributed by atoms with Gasteiger partial charge in [-0.2, -0.15) is 0 Å². The molecule has 0 aromatic heterocycles. The summed E-state index contributed by atoms with van der Waals surface area (Å²) >= 11 is 7.78. The van der Waals surface area contributed by atoms with Crippen molar-refractivity contribution in [1.29, 1.82) is 0 Å². The summed E-state index contributed by atoms with van der Waals surface area (Å²) < 4.78 is 5.26. The largest absolute Gasteiger partial charge is 0.495 e. The number of methoxy groups -OCH3 is 1. The Balaban J connectivity index is 1.59. The van der Waals surface area contributed by atoms with Gasteiger partial charge in [0.25, 0.3) is 0 Å². The molecule has 0 heterocycles. The maximum absolute atomic E-state index is 11.9. The first-order chi connectivity index (χ1) is 12.2. The summed E-state index contributed by atoms with van der Waals surface area (Å²) in [5, 5.41) is 6.76. The van der Waals surface area contributed by atoms with E-state index < -0.39 is 0 Å². The minimum atomic E-state index is 0.0400. The van der Waals surface area contributed by atoms with Gasteiger partial charge in [-0.25, -0.2) is 0 Å². The topological polar surface area (TPSA) is 50.4 Å². The van der Waals surface area contributed by atoms with Crippen molar-refractivity contribution in [2.45, 2.75) is 17.7 Å². The average molecular weight is 379 g/mol. The van der Waals surface area contributed by atoms with Crippen molar-refractivity contribution in [2.75, 3.05) is 31.3 Å². The van der Waals surface area contributed by atoms with Gasteiger partial charge in [0.05, 0.1) is 12.8 Å². The van der Waals surface area contributed by atoms with Gasteiger partial charge in [-0.15, -0.1) is 11.8 Å². The Hall–Kier alpha value is -1.85. The highest BCUT2D eigenvalue weighted by atomic mass is 35.5. The smallest absolute Gasteiger partial charge is 0.221 e. The number of benzene rings is 2. The summed E-state index contributed by atoms with van der Waals surface area (Å²) in [4.78, 5) is 13.1. The van der Waals surface area contributed by atoms with E-state index in [0.29, 0.717) is 30.3 Å². The van der Waals surface area contributed by atoms with Crippen LogP contribution in [0.4, 0.5) is 5.69 Å². The second kappa shape index (κ2) is 10.9. The Labute approximate surface area is 158 Å². The molecule has 4 nitrogen and oxygen atoms in total. The van der Waals surface area contributed by atoms with E-state index in [2.05, 4.69) is 22.8 Å². The van der Waals surface area contributed by atoms with Crippen LogP contribution in [-0.4, -0.2) is 31.9 Å². The highest BCUT2D eigenvalue weighted by Gasteiger charge is 2.05. The molecule has 2 aromatic rings. The average Bonchev–Trinajstić information content (AvgIpc) is 2.62. The number of amides is 1. The first-order valence-electron chi connectivity index (χ1n) is 8.21. The lowest BCUT2D eigenvalue weighted by Gasteiger charge is -2.11. The summed E-state index contributed by atoms with van der Waals surface area (Å²) in [5.74, 6) is 1.74. The first-order valence-corrected chi connectivity index (χ1v) is 9.57. The molecule has 0 bridgehead atoms.